The van der Waals surface area contributed by atoms with E-state index in [0.717, 1.165) is 23.1 Å². The smallest absolute Gasteiger partial charge is 0.253 e. The number of anilines is 1. The minimum absolute atomic E-state index is 0.00837. The van der Waals surface area contributed by atoms with Crippen molar-refractivity contribution >= 4 is 29.1 Å². The van der Waals surface area contributed by atoms with E-state index in [1.807, 2.05) is 55.5 Å². The van der Waals surface area contributed by atoms with Crippen molar-refractivity contribution in [1.29, 1.82) is 0 Å². The summed E-state index contributed by atoms with van der Waals surface area (Å²) in [5.74, 6) is 1.11. The van der Waals surface area contributed by atoms with Crippen LogP contribution in [0.1, 0.15) is 53.4 Å². The van der Waals surface area contributed by atoms with Crippen LogP contribution in [0.25, 0.3) is 0 Å². The first-order valence-electron chi connectivity index (χ1n) is 12.0. The largest absolute Gasteiger partial charge is 0.493 e. The predicted molar refractivity (Wildman–Crippen MR) is 142 cm³/mol. The van der Waals surface area contributed by atoms with Crippen LogP contribution >= 0.6 is 11.6 Å². The standard InChI is InChI=1S/C29H31ClN2O4/c1-6-18(2)36-26-17-24-21(15-25(26)35-5)16-27(33)32(28(24)19-7-11-22(30)12-8-19)23-13-9-20(10-14-23)29(34)31(3)4/h7-15,17-18,28H,6,16H2,1-5H3. The molecule has 0 bridgehead atoms. The molecule has 3 aromatic carbocycles. The number of methoxy groups -OCH3 is 1. The lowest BCUT2D eigenvalue weighted by molar-refractivity contribution is -0.118. The Morgan fingerprint density at radius 2 is 1.75 bits per heavy atom. The van der Waals surface area contributed by atoms with Crippen molar-refractivity contribution in [3.63, 3.8) is 0 Å². The summed E-state index contributed by atoms with van der Waals surface area (Å²) in [5.41, 5.74) is 4.04. The van der Waals surface area contributed by atoms with Gasteiger partial charge >= 0.3 is 0 Å². The molecule has 1 aliphatic rings. The molecule has 2 unspecified atom stereocenters. The monoisotopic (exact) mass is 506 g/mol. The quantitative estimate of drug-likeness (QED) is 0.400. The van der Waals surface area contributed by atoms with Crippen LogP contribution < -0.4 is 14.4 Å². The van der Waals surface area contributed by atoms with Gasteiger partial charge in [-0.05, 0) is 78.6 Å². The first kappa shape index (κ1) is 25.6. The van der Waals surface area contributed by atoms with E-state index in [0.29, 0.717) is 27.8 Å². The van der Waals surface area contributed by atoms with Crippen LogP contribution in [0.2, 0.25) is 5.02 Å². The lowest BCUT2D eigenvalue weighted by Crippen LogP contribution is -2.41. The van der Waals surface area contributed by atoms with Gasteiger partial charge in [-0.2, -0.15) is 0 Å². The van der Waals surface area contributed by atoms with E-state index in [4.69, 9.17) is 21.1 Å². The lowest BCUT2D eigenvalue weighted by atomic mass is 9.86. The molecule has 36 heavy (non-hydrogen) atoms. The molecule has 4 rings (SSSR count). The van der Waals surface area contributed by atoms with Crippen LogP contribution in [-0.2, 0) is 11.2 Å². The Bertz CT molecular complexity index is 1260. The molecule has 188 valence electrons. The summed E-state index contributed by atoms with van der Waals surface area (Å²) in [7, 11) is 5.03. The summed E-state index contributed by atoms with van der Waals surface area (Å²) in [6.45, 7) is 4.08. The Labute approximate surface area is 217 Å². The summed E-state index contributed by atoms with van der Waals surface area (Å²) in [6.07, 6.45) is 1.08. The number of rotatable bonds is 7. The first-order valence-corrected chi connectivity index (χ1v) is 12.4. The fraction of sp³-hybridized carbons (Fsp3) is 0.310. The highest BCUT2D eigenvalue weighted by molar-refractivity contribution is 6.30. The fourth-order valence-electron chi connectivity index (χ4n) is 4.40. The SMILES string of the molecule is CCC(C)Oc1cc2c(cc1OC)CC(=O)N(c1ccc(C(=O)N(C)C)cc1)C2c1ccc(Cl)cc1. The number of carbonyl (C=O) groups is 2. The maximum atomic E-state index is 13.6. The van der Waals surface area contributed by atoms with Crippen LogP contribution in [0.15, 0.2) is 60.7 Å². The van der Waals surface area contributed by atoms with Crippen molar-refractivity contribution in [2.24, 2.45) is 0 Å². The molecule has 0 saturated carbocycles. The second kappa shape index (κ2) is 10.6. The maximum Gasteiger partial charge on any atom is 0.253 e. The second-order valence-electron chi connectivity index (χ2n) is 9.18. The molecule has 0 saturated heterocycles. The Morgan fingerprint density at radius 3 is 2.33 bits per heavy atom. The average Bonchev–Trinajstić information content (AvgIpc) is 2.88. The zero-order valence-corrected chi connectivity index (χ0v) is 22.0. The number of fused-ring (bicyclic) bond motifs is 1. The van der Waals surface area contributed by atoms with Crippen LogP contribution in [-0.4, -0.2) is 44.0 Å². The average molecular weight is 507 g/mol. The van der Waals surface area contributed by atoms with E-state index < -0.39 is 6.04 Å². The number of hydrogen-bond acceptors (Lipinski definition) is 4. The third kappa shape index (κ3) is 5.05. The Hall–Kier alpha value is -3.51. The van der Waals surface area contributed by atoms with Gasteiger partial charge < -0.3 is 19.3 Å². The number of carbonyl (C=O) groups excluding carboxylic acids is 2. The highest BCUT2D eigenvalue weighted by Gasteiger charge is 2.36. The highest BCUT2D eigenvalue weighted by Crippen LogP contribution is 2.43. The number of halogens is 1. The highest BCUT2D eigenvalue weighted by atomic mass is 35.5. The number of benzene rings is 3. The molecule has 1 heterocycles. The Balaban J connectivity index is 1.86. The first-order chi connectivity index (χ1) is 17.2. The van der Waals surface area contributed by atoms with Gasteiger partial charge in [-0.25, -0.2) is 0 Å². The predicted octanol–water partition coefficient (Wildman–Crippen LogP) is 5.91. The van der Waals surface area contributed by atoms with Gasteiger partial charge in [0.1, 0.15) is 0 Å². The normalized spacial score (nSPS) is 15.8. The van der Waals surface area contributed by atoms with E-state index in [2.05, 4.69) is 6.92 Å². The number of nitrogens with zero attached hydrogens (tertiary/aromatic N) is 2. The van der Waals surface area contributed by atoms with Crippen molar-refractivity contribution in [3.8, 4) is 11.5 Å². The van der Waals surface area contributed by atoms with Gasteiger partial charge in [0.05, 0.1) is 25.7 Å². The molecule has 0 N–H and O–H groups in total. The summed E-state index contributed by atoms with van der Waals surface area (Å²) >= 11 is 6.19. The van der Waals surface area contributed by atoms with Gasteiger partial charge in [0.25, 0.3) is 5.91 Å². The molecule has 0 fully saturated rings. The van der Waals surface area contributed by atoms with Crippen LogP contribution in [0, 0.1) is 0 Å². The zero-order chi connectivity index (χ0) is 26.0. The summed E-state index contributed by atoms with van der Waals surface area (Å²) in [4.78, 5) is 29.3. The third-order valence-electron chi connectivity index (χ3n) is 6.48. The Morgan fingerprint density at radius 1 is 1.08 bits per heavy atom. The summed E-state index contributed by atoms with van der Waals surface area (Å²) in [6, 6.07) is 18.2. The minimum atomic E-state index is -0.404. The number of ether oxygens (including phenoxy) is 2. The molecule has 2 amide bonds. The fourth-order valence-corrected chi connectivity index (χ4v) is 4.52. The van der Waals surface area contributed by atoms with Gasteiger partial charge in [0.2, 0.25) is 5.91 Å². The van der Waals surface area contributed by atoms with E-state index in [1.54, 1.807) is 38.2 Å². The molecule has 6 nitrogen and oxygen atoms in total. The van der Waals surface area contributed by atoms with Crippen molar-refractivity contribution in [2.75, 3.05) is 26.1 Å². The summed E-state index contributed by atoms with van der Waals surface area (Å²) in [5, 5.41) is 0.620. The van der Waals surface area contributed by atoms with Gasteiger partial charge in [-0.15, -0.1) is 0 Å². The van der Waals surface area contributed by atoms with Crippen LogP contribution in [0.5, 0.6) is 11.5 Å². The van der Waals surface area contributed by atoms with E-state index in [1.165, 1.54) is 4.90 Å². The molecular formula is C29H31ClN2O4. The van der Waals surface area contributed by atoms with E-state index >= 15 is 0 Å². The molecule has 0 aromatic heterocycles. The molecule has 1 aliphatic heterocycles. The van der Waals surface area contributed by atoms with Crippen molar-refractivity contribution < 1.29 is 19.1 Å². The van der Waals surface area contributed by atoms with Gasteiger partial charge in [0, 0.05) is 30.4 Å². The second-order valence-corrected chi connectivity index (χ2v) is 9.62. The Kier molecular flexibility index (Phi) is 7.55. The van der Waals surface area contributed by atoms with Crippen molar-refractivity contribution in [1.82, 2.24) is 4.90 Å². The number of hydrogen-bond donors (Lipinski definition) is 0. The topological polar surface area (TPSA) is 59.1 Å². The van der Waals surface area contributed by atoms with Gasteiger partial charge in [-0.1, -0.05) is 30.7 Å². The van der Waals surface area contributed by atoms with Crippen molar-refractivity contribution in [2.45, 2.75) is 38.8 Å². The maximum absolute atomic E-state index is 13.6. The summed E-state index contributed by atoms with van der Waals surface area (Å²) < 4.78 is 11.8. The zero-order valence-electron chi connectivity index (χ0n) is 21.2. The van der Waals surface area contributed by atoms with Gasteiger partial charge in [-0.3, -0.25) is 9.59 Å². The van der Waals surface area contributed by atoms with E-state index in [-0.39, 0.29) is 24.3 Å². The molecule has 3 aromatic rings. The van der Waals surface area contributed by atoms with Crippen LogP contribution in [0.3, 0.4) is 0 Å². The molecule has 0 radical (unpaired) electrons. The van der Waals surface area contributed by atoms with Crippen LogP contribution in [0.4, 0.5) is 5.69 Å². The van der Waals surface area contributed by atoms with E-state index in [9.17, 15) is 9.59 Å². The van der Waals surface area contributed by atoms with Crippen molar-refractivity contribution in [3.05, 3.63) is 87.9 Å². The molecule has 7 heteroatoms. The lowest BCUT2D eigenvalue weighted by Gasteiger charge is -2.38. The molecule has 0 aliphatic carbocycles. The molecular weight excluding hydrogens is 476 g/mol. The minimum Gasteiger partial charge on any atom is -0.493 e. The molecule has 0 spiro atoms. The number of amides is 2. The third-order valence-corrected chi connectivity index (χ3v) is 6.73. The molecule has 2 atom stereocenters. The van der Waals surface area contributed by atoms with Gasteiger partial charge in [0.15, 0.2) is 11.5 Å².